The molecule has 0 spiro atoms. The molecule has 156 valence electrons. The summed E-state index contributed by atoms with van der Waals surface area (Å²) in [6.45, 7) is 5.25. The Morgan fingerprint density at radius 2 is 2.03 bits per heavy atom. The van der Waals surface area contributed by atoms with E-state index >= 15 is 4.39 Å². The third-order valence-electron chi connectivity index (χ3n) is 5.93. The van der Waals surface area contributed by atoms with Crippen LogP contribution in [0, 0.1) is 5.82 Å². The van der Waals surface area contributed by atoms with Gasteiger partial charge in [-0.2, -0.15) is 0 Å². The number of carbonyl (C=O) groups excluding carboxylic acids is 1. The van der Waals surface area contributed by atoms with Crippen molar-refractivity contribution in [2.24, 2.45) is 0 Å². The van der Waals surface area contributed by atoms with E-state index in [-0.39, 0.29) is 17.0 Å². The molecular formula is C21H22FN5O3. The van der Waals surface area contributed by atoms with Gasteiger partial charge in [-0.15, -0.1) is 0 Å². The number of nitrogens with zero attached hydrogens (tertiary/aromatic N) is 5. The molecule has 5 rings (SSSR count). The minimum Gasteiger partial charge on any atom is -0.487 e. The number of aromatic nitrogens is 3. The van der Waals surface area contributed by atoms with Crippen molar-refractivity contribution in [3.63, 3.8) is 0 Å². The van der Waals surface area contributed by atoms with Gasteiger partial charge in [0.05, 0.1) is 16.9 Å². The number of halogens is 1. The van der Waals surface area contributed by atoms with Crippen LogP contribution in [-0.2, 0) is 0 Å². The lowest BCUT2D eigenvalue weighted by atomic mass is 10.0. The van der Waals surface area contributed by atoms with E-state index in [1.807, 2.05) is 23.4 Å². The van der Waals surface area contributed by atoms with E-state index < -0.39 is 17.2 Å². The van der Waals surface area contributed by atoms with Gasteiger partial charge in [0.25, 0.3) is 5.91 Å². The van der Waals surface area contributed by atoms with Crippen molar-refractivity contribution in [2.45, 2.75) is 13.0 Å². The Morgan fingerprint density at radius 1 is 1.27 bits per heavy atom. The first-order valence-corrected chi connectivity index (χ1v) is 9.96. The number of likely N-dealkylation sites (N-methyl/N-ethyl adjacent to an activating group) is 1. The summed E-state index contributed by atoms with van der Waals surface area (Å²) in [5.41, 5.74) is 0.398. The standard InChI is InChI=1S/C21H22FN5O3/c1-13-11-30-20-17-14(9-16(22)18(20)25-7-5-24(2)6-8-25)19(28)15(10-27(13)17)21(29)26-4-3-23-12-26/h3-4,9-10,12-13H,5-8,11H2,1-2H3. The topological polar surface area (TPSA) is 72.6 Å². The molecule has 1 aromatic carbocycles. The van der Waals surface area contributed by atoms with Crippen LogP contribution in [0.5, 0.6) is 5.75 Å². The zero-order valence-electron chi connectivity index (χ0n) is 16.8. The molecule has 8 nitrogen and oxygen atoms in total. The molecule has 1 saturated heterocycles. The minimum atomic E-state index is -0.511. The largest absolute Gasteiger partial charge is 0.487 e. The molecule has 0 aliphatic carbocycles. The summed E-state index contributed by atoms with van der Waals surface area (Å²) in [5, 5.41) is 0.151. The van der Waals surface area contributed by atoms with Crippen molar-refractivity contribution in [3.8, 4) is 5.75 Å². The molecular weight excluding hydrogens is 389 g/mol. The van der Waals surface area contributed by atoms with E-state index in [9.17, 15) is 9.59 Å². The molecule has 1 fully saturated rings. The van der Waals surface area contributed by atoms with Gasteiger partial charge in [0.1, 0.15) is 24.2 Å². The molecule has 2 aliphatic heterocycles. The highest BCUT2D eigenvalue weighted by molar-refractivity contribution is 6.01. The summed E-state index contributed by atoms with van der Waals surface area (Å²) < 4.78 is 24.4. The van der Waals surface area contributed by atoms with Gasteiger partial charge in [0, 0.05) is 44.8 Å². The quantitative estimate of drug-likeness (QED) is 0.640. The lowest BCUT2D eigenvalue weighted by Crippen LogP contribution is -2.45. The first kappa shape index (κ1) is 18.8. The highest BCUT2D eigenvalue weighted by Gasteiger charge is 2.31. The Labute approximate surface area is 172 Å². The van der Waals surface area contributed by atoms with Crippen LogP contribution in [0.2, 0.25) is 0 Å². The SMILES string of the molecule is CC1COc2c(N3CCN(C)CC3)c(F)cc3c(=O)c(C(=O)n4ccnc4)cn1c23. The van der Waals surface area contributed by atoms with Crippen molar-refractivity contribution in [2.75, 3.05) is 44.7 Å². The van der Waals surface area contributed by atoms with E-state index in [0.29, 0.717) is 36.6 Å². The molecule has 9 heteroatoms. The van der Waals surface area contributed by atoms with Crippen LogP contribution in [0.25, 0.3) is 10.9 Å². The molecule has 0 N–H and O–H groups in total. The zero-order chi connectivity index (χ0) is 21.0. The van der Waals surface area contributed by atoms with Crippen LogP contribution in [0.15, 0.2) is 35.8 Å². The fraction of sp³-hybridized carbons (Fsp3) is 0.381. The van der Waals surface area contributed by atoms with Crippen LogP contribution < -0.4 is 15.1 Å². The highest BCUT2D eigenvalue weighted by Crippen LogP contribution is 2.42. The normalized spacial score (nSPS) is 19.2. The Morgan fingerprint density at radius 3 is 2.73 bits per heavy atom. The van der Waals surface area contributed by atoms with Crippen molar-refractivity contribution >= 4 is 22.5 Å². The van der Waals surface area contributed by atoms with Crippen molar-refractivity contribution in [3.05, 3.63) is 52.6 Å². The second-order valence-corrected chi connectivity index (χ2v) is 7.94. The third-order valence-corrected chi connectivity index (χ3v) is 5.93. The van der Waals surface area contributed by atoms with E-state index in [2.05, 4.69) is 9.88 Å². The van der Waals surface area contributed by atoms with Crippen LogP contribution >= 0.6 is 0 Å². The van der Waals surface area contributed by atoms with Gasteiger partial charge in [-0.25, -0.2) is 9.37 Å². The minimum absolute atomic E-state index is 0.0213. The maximum atomic E-state index is 15.3. The summed E-state index contributed by atoms with van der Waals surface area (Å²) in [5.74, 6) is -0.620. The van der Waals surface area contributed by atoms with Gasteiger partial charge >= 0.3 is 0 Å². The summed E-state index contributed by atoms with van der Waals surface area (Å²) in [7, 11) is 2.03. The van der Waals surface area contributed by atoms with Gasteiger partial charge in [0.15, 0.2) is 11.6 Å². The number of ether oxygens (including phenoxy) is 1. The average Bonchev–Trinajstić information content (AvgIpc) is 3.27. The number of carbonyl (C=O) groups is 1. The summed E-state index contributed by atoms with van der Waals surface area (Å²) >= 11 is 0. The molecule has 30 heavy (non-hydrogen) atoms. The Kier molecular flexibility index (Phi) is 4.35. The van der Waals surface area contributed by atoms with Gasteiger partial charge in [0.2, 0.25) is 5.43 Å². The lowest BCUT2D eigenvalue weighted by Gasteiger charge is -2.37. The number of hydrogen-bond acceptors (Lipinski definition) is 6. The van der Waals surface area contributed by atoms with E-state index in [4.69, 9.17) is 4.74 Å². The molecule has 4 heterocycles. The fourth-order valence-electron chi connectivity index (χ4n) is 4.21. The number of piperazine rings is 1. The van der Waals surface area contributed by atoms with Gasteiger partial charge < -0.3 is 19.1 Å². The molecule has 0 bridgehead atoms. The number of hydrogen-bond donors (Lipinski definition) is 0. The first-order chi connectivity index (χ1) is 14.5. The number of rotatable bonds is 2. The van der Waals surface area contributed by atoms with Crippen LogP contribution in [0.1, 0.15) is 23.3 Å². The third kappa shape index (κ3) is 2.80. The van der Waals surface area contributed by atoms with Crippen molar-refractivity contribution < 1.29 is 13.9 Å². The molecule has 1 atom stereocenters. The molecule has 3 aromatic rings. The monoisotopic (exact) mass is 411 g/mol. The summed E-state index contributed by atoms with van der Waals surface area (Å²) in [4.78, 5) is 34.1. The maximum Gasteiger partial charge on any atom is 0.268 e. The molecule has 2 aromatic heterocycles. The summed E-state index contributed by atoms with van der Waals surface area (Å²) in [6, 6.07) is 1.14. The first-order valence-electron chi connectivity index (χ1n) is 9.96. The highest BCUT2D eigenvalue weighted by atomic mass is 19.1. The molecule has 0 amide bonds. The van der Waals surface area contributed by atoms with Gasteiger partial charge in [-0.1, -0.05) is 0 Å². The predicted octanol–water partition coefficient (Wildman–Crippen LogP) is 1.73. The smallest absolute Gasteiger partial charge is 0.268 e. The van der Waals surface area contributed by atoms with Crippen LogP contribution in [-0.4, -0.2) is 64.8 Å². The second kappa shape index (κ2) is 6.94. The second-order valence-electron chi connectivity index (χ2n) is 7.94. The number of imidazole rings is 1. The maximum absolute atomic E-state index is 15.3. The van der Waals surface area contributed by atoms with Crippen LogP contribution in [0.4, 0.5) is 10.1 Å². The molecule has 0 radical (unpaired) electrons. The van der Waals surface area contributed by atoms with Gasteiger partial charge in [-0.3, -0.25) is 14.2 Å². The summed E-state index contributed by atoms with van der Waals surface area (Å²) in [6.07, 6.45) is 5.86. The molecule has 0 saturated carbocycles. The Bertz CT molecular complexity index is 1200. The Balaban J connectivity index is 1.74. The lowest BCUT2D eigenvalue weighted by molar-refractivity contribution is 0.0957. The zero-order valence-corrected chi connectivity index (χ0v) is 16.8. The molecule has 1 unspecified atom stereocenters. The van der Waals surface area contributed by atoms with E-state index in [1.165, 1.54) is 29.4 Å². The van der Waals surface area contributed by atoms with Gasteiger partial charge in [-0.05, 0) is 20.0 Å². The van der Waals surface area contributed by atoms with Crippen molar-refractivity contribution in [1.29, 1.82) is 0 Å². The number of anilines is 1. The predicted molar refractivity (Wildman–Crippen MR) is 110 cm³/mol. The van der Waals surface area contributed by atoms with Crippen LogP contribution in [0.3, 0.4) is 0 Å². The van der Waals surface area contributed by atoms with Crippen molar-refractivity contribution in [1.82, 2.24) is 19.0 Å². The number of benzene rings is 1. The molecule has 2 aliphatic rings. The Hall–Kier alpha value is -3.20. The number of pyridine rings is 1. The average molecular weight is 411 g/mol. The van der Waals surface area contributed by atoms with E-state index in [1.54, 1.807) is 6.20 Å². The van der Waals surface area contributed by atoms with E-state index in [0.717, 1.165) is 13.1 Å². The fourth-order valence-corrected chi connectivity index (χ4v) is 4.21.